The van der Waals surface area contributed by atoms with Crippen LogP contribution in [0.15, 0.2) is 0 Å². The van der Waals surface area contributed by atoms with Gasteiger partial charge in [-0.25, -0.2) is 0 Å². The van der Waals surface area contributed by atoms with E-state index in [2.05, 4.69) is 5.32 Å². The summed E-state index contributed by atoms with van der Waals surface area (Å²) in [4.78, 5) is 0. The molecule has 5 heteroatoms. The fourth-order valence-corrected chi connectivity index (χ4v) is 2.31. The van der Waals surface area contributed by atoms with Crippen LogP contribution in [-0.2, 0) is 9.47 Å². The highest BCUT2D eigenvalue weighted by Crippen LogP contribution is 1.98. The molecule has 2 radical (unpaired) electrons. The fraction of sp³-hybridized carbons (Fsp3) is 1.00. The first-order valence-electron chi connectivity index (χ1n) is 5.72. The van der Waals surface area contributed by atoms with E-state index in [9.17, 15) is 0 Å². The molecule has 0 saturated carbocycles. The van der Waals surface area contributed by atoms with Gasteiger partial charge in [0.1, 0.15) is 15.4 Å². The van der Waals surface area contributed by atoms with E-state index in [0.717, 1.165) is 48.3 Å². The van der Waals surface area contributed by atoms with Crippen molar-refractivity contribution in [3.63, 3.8) is 0 Å². The van der Waals surface area contributed by atoms with Crippen molar-refractivity contribution in [1.29, 1.82) is 0 Å². The van der Waals surface area contributed by atoms with Gasteiger partial charge >= 0.3 is 0 Å². The predicted octanol–water partition coefficient (Wildman–Crippen LogP) is 0.404. The van der Waals surface area contributed by atoms with Crippen LogP contribution in [0, 0.1) is 0 Å². The number of hydrogen-bond donors (Lipinski definition) is 2. The summed E-state index contributed by atoms with van der Waals surface area (Å²) < 4.78 is 10.9. The van der Waals surface area contributed by atoms with Crippen LogP contribution in [0.3, 0.4) is 0 Å². The first-order valence-corrected chi connectivity index (χ1v) is 7.01. The van der Waals surface area contributed by atoms with Crippen molar-refractivity contribution in [3.05, 3.63) is 0 Å². The lowest BCUT2D eigenvalue weighted by atomic mass is 10.5. The summed E-state index contributed by atoms with van der Waals surface area (Å²) in [5.41, 5.74) is 5.37. The number of hydrogen-bond acceptors (Lipinski definition) is 4. The summed E-state index contributed by atoms with van der Waals surface area (Å²) >= 11 is 0. The lowest BCUT2D eigenvalue weighted by molar-refractivity contribution is -0.0827. The molecule has 0 bridgehead atoms. The van der Waals surface area contributed by atoms with Gasteiger partial charge in [0.2, 0.25) is 0 Å². The Hall–Kier alpha value is 0.0569. The number of rotatable bonds is 11. The van der Waals surface area contributed by atoms with Gasteiger partial charge in [0, 0.05) is 26.3 Å². The van der Waals surface area contributed by atoms with Crippen molar-refractivity contribution in [2.75, 3.05) is 32.8 Å². The first-order chi connectivity index (χ1) is 7.35. The van der Waals surface area contributed by atoms with Crippen LogP contribution in [0.2, 0.25) is 6.04 Å². The Kier molecular flexibility index (Phi) is 12.2. The third-order valence-electron chi connectivity index (χ3n) is 1.80. The molecular formula is C10H24N2O2Si. The minimum absolute atomic E-state index is 0.00880. The maximum absolute atomic E-state index is 5.46. The monoisotopic (exact) mass is 232 g/mol. The van der Waals surface area contributed by atoms with E-state index in [1.54, 1.807) is 0 Å². The molecule has 0 aliphatic heterocycles. The number of nitrogens with two attached hydrogens (primary N) is 1. The lowest BCUT2D eigenvalue weighted by Crippen LogP contribution is -2.26. The molecule has 0 unspecified atom stereocenters. The zero-order chi connectivity index (χ0) is 11.4. The SMILES string of the molecule is CCOC(OCC)[Si]CCCNCCN. The highest BCUT2D eigenvalue weighted by atomic mass is 28.2. The molecule has 0 saturated heterocycles. The van der Waals surface area contributed by atoms with Crippen LogP contribution in [0.25, 0.3) is 0 Å². The van der Waals surface area contributed by atoms with Crippen molar-refractivity contribution in [3.8, 4) is 0 Å². The van der Waals surface area contributed by atoms with Crippen LogP contribution in [0.5, 0.6) is 0 Å². The molecule has 0 aromatic rings. The van der Waals surface area contributed by atoms with Gasteiger partial charge in [-0.3, -0.25) is 0 Å². The molecule has 0 heterocycles. The van der Waals surface area contributed by atoms with Gasteiger partial charge in [-0.15, -0.1) is 0 Å². The molecule has 0 spiro atoms. The summed E-state index contributed by atoms with van der Waals surface area (Å²) in [6.45, 7) is 8.10. The maximum Gasteiger partial charge on any atom is 0.137 e. The van der Waals surface area contributed by atoms with Gasteiger partial charge in [0.05, 0.1) is 0 Å². The Labute approximate surface area is 95.7 Å². The molecule has 0 aromatic carbocycles. The standard InChI is InChI=1S/C10H24N2O2Si/c1-3-13-10(14-4-2)15-9-5-7-12-8-6-11/h10,12H,3-9,11H2,1-2H3. The first kappa shape index (κ1) is 15.1. The van der Waals surface area contributed by atoms with E-state index < -0.39 is 0 Å². The van der Waals surface area contributed by atoms with E-state index in [1.165, 1.54) is 0 Å². The van der Waals surface area contributed by atoms with Crippen LogP contribution < -0.4 is 11.1 Å². The minimum Gasteiger partial charge on any atom is -0.357 e. The molecule has 3 N–H and O–H groups in total. The van der Waals surface area contributed by atoms with Crippen molar-refractivity contribution >= 4 is 9.52 Å². The molecular weight excluding hydrogens is 208 g/mol. The smallest absolute Gasteiger partial charge is 0.137 e. The Bertz CT molecular complexity index is 122. The highest BCUT2D eigenvalue weighted by molar-refractivity contribution is 6.36. The van der Waals surface area contributed by atoms with E-state index in [1.807, 2.05) is 13.8 Å². The van der Waals surface area contributed by atoms with Crippen molar-refractivity contribution < 1.29 is 9.47 Å². The normalized spacial score (nSPS) is 11.2. The van der Waals surface area contributed by atoms with Crippen LogP contribution in [0.1, 0.15) is 20.3 Å². The van der Waals surface area contributed by atoms with Crippen LogP contribution >= 0.6 is 0 Å². The van der Waals surface area contributed by atoms with Crippen molar-refractivity contribution in [1.82, 2.24) is 5.32 Å². The van der Waals surface area contributed by atoms with E-state index in [0.29, 0.717) is 6.54 Å². The number of nitrogens with one attached hydrogen (secondary N) is 1. The summed E-state index contributed by atoms with van der Waals surface area (Å²) in [7, 11) is 0.733. The summed E-state index contributed by atoms with van der Waals surface area (Å²) in [6, 6.07) is 1.15. The minimum atomic E-state index is 0.00880. The zero-order valence-corrected chi connectivity index (χ0v) is 10.9. The summed E-state index contributed by atoms with van der Waals surface area (Å²) in [5, 5.41) is 3.27. The molecule has 0 aliphatic rings. The summed E-state index contributed by atoms with van der Waals surface area (Å²) in [5.74, 6) is 0.00880. The van der Waals surface area contributed by atoms with Crippen molar-refractivity contribution in [2.24, 2.45) is 5.73 Å². The highest BCUT2D eigenvalue weighted by Gasteiger charge is 2.07. The van der Waals surface area contributed by atoms with Gasteiger partial charge in [-0.05, 0) is 26.8 Å². The third kappa shape index (κ3) is 10.3. The largest absolute Gasteiger partial charge is 0.357 e. The van der Waals surface area contributed by atoms with E-state index in [4.69, 9.17) is 15.2 Å². The molecule has 0 aliphatic carbocycles. The molecule has 4 nitrogen and oxygen atoms in total. The second kappa shape index (κ2) is 12.1. The molecule has 0 rings (SSSR count). The quantitative estimate of drug-likeness (QED) is 0.308. The van der Waals surface area contributed by atoms with Crippen molar-refractivity contribution in [2.45, 2.75) is 32.2 Å². The Morgan fingerprint density at radius 2 is 1.87 bits per heavy atom. The molecule has 0 amide bonds. The maximum atomic E-state index is 5.46. The predicted molar refractivity (Wildman–Crippen MR) is 64.1 cm³/mol. The average Bonchev–Trinajstić information content (AvgIpc) is 2.24. The molecule has 15 heavy (non-hydrogen) atoms. The van der Waals surface area contributed by atoms with Crippen LogP contribution in [0.4, 0.5) is 0 Å². The van der Waals surface area contributed by atoms with Crippen LogP contribution in [-0.4, -0.2) is 48.3 Å². The van der Waals surface area contributed by atoms with Gasteiger partial charge in [-0.2, -0.15) is 0 Å². The molecule has 90 valence electrons. The zero-order valence-electron chi connectivity index (χ0n) is 9.92. The van der Waals surface area contributed by atoms with E-state index >= 15 is 0 Å². The van der Waals surface area contributed by atoms with Gasteiger partial charge in [-0.1, -0.05) is 6.04 Å². The third-order valence-corrected chi connectivity index (χ3v) is 3.11. The summed E-state index contributed by atoms with van der Waals surface area (Å²) in [6.07, 6.45) is 1.16. The second-order valence-electron chi connectivity index (χ2n) is 3.09. The van der Waals surface area contributed by atoms with Gasteiger partial charge in [0.15, 0.2) is 0 Å². The number of ether oxygens (including phenoxy) is 2. The lowest BCUT2D eigenvalue weighted by Gasteiger charge is -2.15. The topological polar surface area (TPSA) is 56.5 Å². The Morgan fingerprint density at radius 1 is 1.20 bits per heavy atom. The molecule has 0 aromatic heterocycles. The average molecular weight is 232 g/mol. The molecule has 0 atom stereocenters. The Balaban J connectivity index is 3.28. The fourth-order valence-electron chi connectivity index (χ4n) is 1.13. The molecule has 0 fully saturated rings. The van der Waals surface area contributed by atoms with Gasteiger partial charge < -0.3 is 20.5 Å². The second-order valence-corrected chi connectivity index (χ2v) is 4.47. The van der Waals surface area contributed by atoms with E-state index in [-0.39, 0.29) is 5.91 Å². The Morgan fingerprint density at radius 3 is 2.40 bits per heavy atom. The van der Waals surface area contributed by atoms with Gasteiger partial charge in [0.25, 0.3) is 0 Å².